The lowest BCUT2D eigenvalue weighted by molar-refractivity contribution is 0.229. The van der Waals surface area contributed by atoms with Gasteiger partial charge in [0.1, 0.15) is 6.26 Å². The van der Waals surface area contributed by atoms with Gasteiger partial charge < -0.3 is 14.7 Å². The van der Waals surface area contributed by atoms with Gasteiger partial charge in [-0.3, -0.25) is 0 Å². The van der Waals surface area contributed by atoms with Gasteiger partial charge in [-0.15, -0.1) is 24.2 Å². The number of rotatable bonds is 6. The molecule has 0 aliphatic heterocycles. The molecular formula is C17H19ClN4O2S. The zero-order chi connectivity index (χ0) is 16.4. The Morgan fingerprint density at radius 3 is 2.64 bits per heavy atom. The molecule has 8 heteroatoms. The number of hydrogen-bond acceptors (Lipinski definition) is 7. The Labute approximate surface area is 156 Å². The fourth-order valence-electron chi connectivity index (χ4n) is 2.63. The van der Waals surface area contributed by atoms with Crippen molar-refractivity contribution in [2.45, 2.75) is 36.3 Å². The summed E-state index contributed by atoms with van der Waals surface area (Å²) >= 11 is 1.66. The van der Waals surface area contributed by atoms with E-state index in [1.165, 1.54) is 0 Å². The van der Waals surface area contributed by atoms with Crippen molar-refractivity contribution in [1.29, 1.82) is 0 Å². The zero-order valence-corrected chi connectivity index (χ0v) is 15.2. The Morgan fingerprint density at radius 1 is 1.12 bits per heavy atom. The average molecular weight is 379 g/mol. The lowest BCUT2D eigenvalue weighted by atomic mass is 9.77. The molecule has 1 fully saturated rings. The van der Waals surface area contributed by atoms with E-state index in [1.807, 2.05) is 30.3 Å². The quantitative estimate of drug-likeness (QED) is 0.695. The van der Waals surface area contributed by atoms with Crippen molar-refractivity contribution in [3.63, 3.8) is 0 Å². The summed E-state index contributed by atoms with van der Waals surface area (Å²) in [7, 11) is 0. The highest BCUT2D eigenvalue weighted by Gasteiger charge is 2.38. The number of benzene rings is 1. The second-order valence-corrected chi connectivity index (χ2v) is 7.01. The number of thioether (sulfide) groups is 1. The van der Waals surface area contributed by atoms with E-state index in [0.717, 1.165) is 36.3 Å². The molecule has 0 unspecified atom stereocenters. The minimum absolute atomic E-state index is 0. The van der Waals surface area contributed by atoms with E-state index in [0.29, 0.717) is 23.4 Å². The van der Waals surface area contributed by atoms with Gasteiger partial charge in [-0.1, -0.05) is 23.4 Å². The molecule has 0 atom stereocenters. The van der Waals surface area contributed by atoms with E-state index in [2.05, 4.69) is 15.1 Å². The van der Waals surface area contributed by atoms with Crippen LogP contribution in [0.3, 0.4) is 0 Å². The molecule has 132 valence electrons. The predicted molar refractivity (Wildman–Crippen MR) is 98.2 cm³/mol. The van der Waals surface area contributed by atoms with Crippen LogP contribution < -0.4 is 5.73 Å². The number of hydrogen-bond donors (Lipinski definition) is 1. The maximum atomic E-state index is 6.20. The summed E-state index contributed by atoms with van der Waals surface area (Å²) < 4.78 is 10.8. The summed E-state index contributed by atoms with van der Waals surface area (Å²) in [6, 6.07) is 9.86. The van der Waals surface area contributed by atoms with Gasteiger partial charge in [0, 0.05) is 11.3 Å². The van der Waals surface area contributed by atoms with Crippen molar-refractivity contribution in [3.8, 4) is 11.5 Å². The second-order valence-electron chi connectivity index (χ2n) is 6.02. The zero-order valence-electron chi connectivity index (χ0n) is 13.6. The van der Waals surface area contributed by atoms with Crippen molar-refractivity contribution in [1.82, 2.24) is 15.1 Å². The van der Waals surface area contributed by atoms with Crippen LogP contribution in [0.1, 0.15) is 36.7 Å². The van der Waals surface area contributed by atoms with Crippen LogP contribution in [0.4, 0.5) is 0 Å². The van der Waals surface area contributed by atoms with Crippen LogP contribution in [0.15, 0.2) is 45.5 Å². The summed E-state index contributed by atoms with van der Waals surface area (Å²) in [4.78, 5) is 8.92. The number of nitrogens with zero attached hydrogens (tertiary/aromatic N) is 3. The summed E-state index contributed by atoms with van der Waals surface area (Å²) in [6.45, 7) is 0. The van der Waals surface area contributed by atoms with Crippen LogP contribution in [0.25, 0.3) is 11.5 Å². The highest BCUT2D eigenvalue weighted by molar-refractivity contribution is 7.97. The first-order valence-corrected chi connectivity index (χ1v) is 9.08. The summed E-state index contributed by atoms with van der Waals surface area (Å²) in [6.07, 6.45) is 4.68. The number of halogens is 1. The topological polar surface area (TPSA) is 91.0 Å². The van der Waals surface area contributed by atoms with Gasteiger partial charge in [-0.2, -0.15) is 4.98 Å². The van der Waals surface area contributed by atoms with Gasteiger partial charge in [-0.25, -0.2) is 4.98 Å². The van der Waals surface area contributed by atoms with E-state index in [-0.39, 0.29) is 17.9 Å². The molecule has 0 spiro atoms. The Balaban J connectivity index is 0.00000182. The SMILES string of the molecule is Cl.NC1(c2noc(CSCc3coc(-c4ccccc4)n3)n2)CCC1. The average Bonchev–Trinajstić information content (AvgIpc) is 3.23. The van der Waals surface area contributed by atoms with Gasteiger partial charge in [0.15, 0.2) is 5.82 Å². The largest absolute Gasteiger partial charge is 0.444 e. The van der Waals surface area contributed by atoms with Gasteiger partial charge >= 0.3 is 0 Å². The van der Waals surface area contributed by atoms with Crippen LogP contribution in [0, 0.1) is 0 Å². The second kappa shape index (κ2) is 7.59. The monoisotopic (exact) mass is 378 g/mol. The van der Waals surface area contributed by atoms with Crippen LogP contribution in [0.5, 0.6) is 0 Å². The standard InChI is InChI=1S/C17H18N4O2S.ClH/c18-17(7-4-8-17)16-20-14(23-21-16)11-24-10-13-9-22-15(19-13)12-5-2-1-3-6-12;/h1-3,5-6,9H,4,7-8,10-11,18H2;1H. The van der Waals surface area contributed by atoms with E-state index >= 15 is 0 Å². The molecule has 0 amide bonds. The molecule has 2 aromatic heterocycles. The molecule has 1 saturated carbocycles. The van der Waals surface area contributed by atoms with Crippen LogP contribution in [0.2, 0.25) is 0 Å². The Hall–Kier alpha value is -1.83. The Morgan fingerprint density at radius 2 is 1.92 bits per heavy atom. The summed E-state index contributed by atoms with van der Waals surface area (Å²) in [5.41, 5.74) is 7.70. The molecular weight excluding hydrogens is 360 g/mol. The van der Waals surface area contributed by atoms with Crippen molar-refractivity contribution < 1.29 is 8.94 Å². The summed E-state index contributed by atoms with van der Waals surface area (Å²) in [5, 5.41) is 4.02. The molecule has 2 heterocycles. The first-order chi connectivity index (χ1) is 11.7. The molecule has 4 rings (SSSR count). The normalized spacial score (nSPS) is 15.4. The molecule has 1 aliphatic carbocycles. The fraction of sp³-hybridized carbons (Fsp3) is 0.353. The maximum Gasteiger partial charge on any atom is 0.236 e. The highest BCUT2D eigenvalue weighted by atomic mass is 35.5. The number of nitrogens with two attached hydrogens (primary N) is 1. The van der Waals surface area contributed by atoms with Crippen LogP contribution in [-0.2, 0) is 17.0 Å². The lowest BCUT2D eigenvalue weighted by Gasteiger charge is -2.34. The van der Waals surface area contributed by atoms with Crippen LogP contribution in [-0.4, -0.2) is 15.1 Å². The van der Waals surface area contributed by atoms with E-state index in [1.54, 1.807) is 18.0 Å². The van der Waals surface area contributed by atoms with E-state index in [9.17, 15) is 0 Å². The minimum Gasteiger partial charge on any atom is -0.444 e. The molecule has 25 heavy (non-hydrogen) atoms. The predicted octanol–water partition coefficient (Wildman–Crippen LogP) is 3.92. The Bertz CT molecular complexity index is 817. The molecule has 0 saturated heterocycles. The van der Waals surface area contributed by atoms with Crippen molar-refractivity contribution in [2.75, 3.05) is 0 Å². The van der Waals surface area contributed by atoms with Crippen molar-refractivity contribution >= 4 is 24.2 Å². The van der Waals surface area contributed by atoms with Crippen molar-refractivity contribution in [2.24, 2.45) is 5.73 Å². The fourth-order valence-corrected chi connectivity index (χ4v) is 3.36. The van der Waals surface area contributed by atoms with Crippen LogP contribution >= 0.6 is 24.2 Å². The lowest BCUT2D eigenvalue weighted by Crippen LogP contribution is -2.44. The maximum absolute atomic E-state index is 6.20. The highest BCUT2D eigenvalue weighted by Crippen LogP contribution is 2.37. The van der Waals surface area contributed by atoms with E-state index in [4.69, 9.17) is 14.7 Å². The van der Waals surface area contributed by atoms with Gasteiger partial charge in [0.2, 0.25) is 11.8 Å². The van der Waals surface area contributed by atoms with Gasteiger partial charge in [0.25, 0.3) is 0 Å². The molecule has 0 bridgehead atoms. The molecule has 2 N–H and O–H groups in total. The third-order valence-corrected chi connectivity index (χ3v) is 5.16. The van der Waals surface area contributed by atoms with E-state index < -0.39 is 0 Å². The van der Waals surface area contributed by atoms with Gasteiger partial charge in [-0.05, 0) is 31.4 Å². The number of oxazole rings is 1. The third kappa shape index (κ3) is 3.89. The first-order valence-electron chi connectivity index (χ1n) is 7.92. The molecule has 1 aromatic carbocycles. The number of aromatic nitrogens is 3. The molecule has 0 radical (unpaired) electrons. The minimum atomic E-state index is -0.372. The molecule has 3 aromatic rings. The van der Waals surface area contributed by atoms with Crippen molar-refractivity contribution in [3.05, 3.63) is 54.0 Å². The first kappa shape index (κ1) is 18.0. The van der Waals surface area contributed by atoms with Gasteiger partial charge in [0.05, 0.1) is 17.0 Å². The molecule has 1 aliphatic rings. The third-order valence-electron chi connectivity index (χ3n) is 4.21. The molecule has 6 nitrogen and oxygen atoms in total. The summed E-state index contributed by atoms with van der Waals surface area (Å²) in [5.74, 6) is 3.25. The Kier molecular flexibility index (Phi) is 5.46. The smallest absolute Gasteiger partial charge is 0.236 e.